The summed E-state index contributed by atoms with van der Waals surface area (Å²) in [6.07, 6.45) is 1.77. The van der Waals surface area contributed by atoms with Crippen LogP contribution in [0, 0.1) is 0 Å². The average molecular weight is 361 g/mol. The highest BCUT2D eigenvalue weighted by molar-refractivity contribution is 6.35. The van der Waals surface area contributed by atoms with Gasteiger partial charge in [-0.15, -0.1) is 0 Å². The molecule has 0 unspecified atom stereocenters. The van der Waals surface area contributed by atoms with Crippen molar-refractivity contribution in [3.63, 3.8) is 0 Å². The molecule has 5 nitrogen and oxygen atoms in total. The predicted molar refractivity (Wildman–Crippen MR) is 92.1 cm³/mol. The Morgan fingerprint density at radius 2 is 1.83 bits per heavy atom. The molecular formula is C16H22Cl2N2O3. The van der Waals surface area contributed by atoms with Crippen LogP contribution in [0.1, 0.15) is 26.7 Å². The molecule has 0 aliphatic rings. The zero-order valence-electron chi connectivity index (χ0n) is 13.4. The average Bonchev–Trinajstić information content (AvgIpc) is 2.51. The van der Waals surface area contributed by atoms with E-state index in [9.17, 15) is 9.59 Å². The van der Waals surface area contributed by atoms with Crippen molar-refractivity contribution in [3.05, 3.63) is 28.2 Å². The lowest BCUT2D eigenvalue weighted by molar-refractivity contribution is -0.133. The number of halogens is 2. The highest BCUT2D eigenvalue weighted by atomic mass is 35.5. The minimum Gasteiger partial charge on any atom is -0.482 e. The SMILES string of the molecule is CCCN(CCC)C(=O)CNC(=O)COc1ccc(Cl)cc1Cl. The number of carbonyl (C=O) groups excluding carboxylic acids is 2. The molecule has 2 amide bonds. The predicted octanol–water partition coefficient (Wildman–Crippen LogP) is 3.14. The first-order valence-corrected chi connectivity index (χ1v) is 8.35. The first kappa shape index (κ1) is 19.6. The molecule has 23 heavy (non-hydrogen) atoms. The van der Waals surface area contributed by atoms with Crippen molar-refractivity contribution in [2.45, 2.75) is 26.7 Å². The van der Waals surface area contributed by atoms with Gasteiger partial charge in [-0.1, -0.05) is 37.0 Å². The second kappa shape index (κ2) is 10.3. The van der Waals surface area contributed by atoms with E-state index in [4.69, 9.17) is 27.9 Å². The van der Waals surface area contributed by atoms with E-state index >= 15 is 0 Å². The Balaban J connectivity index is 2.40. The fraction of sp³-hybridized carbons (Fsp3) is 0.500. The molecular weight excluding hydrogens is 339 g/mol. The van der Waals surface area contributed by atoms with Crippen molar-refractivity contribution in [2.24, 2.45) is 0 Å². The Labute approximate surface area is 146 Å². The van der Waals surface area contributed by atoms with Crippen LogP contribution in [-0.2, 0) is 9.59 Å². The molecule has 0 radical (unpaired) electrons. The number of nitrogens with zero attached hydrogens (tertiary/aromatic N) is 1. The summed E-state index contributed by atoms with van der Waals surface area (Å²) in [5.41, 5.74) is 0. The third kappa shape index (κ3) is 7.10. The summed E-state index contributed by atoms with van der Waals surface area (Å²) >= 11 is 11.7. The van der Waals surface area contributed by atoms with Gasteiger partial charge >= 0.3 is 0 Å². The molecule has 0 spiro atoms. The number of carbonyl (C=O) groups is 2. The molecule has 0 atom stereocenters. The van der Waals surface area contributed by atoms with Gasteiger partial charge in [-0.05, 0) is 31.0 Å². The van der Waals surface area contributed by atoms with E-state index in [2.05, 4.69) is 5.32 Å². The molecule has 1 aromatic rings. The summed E-state index contributed by atoms with van der Waals surface area (Å²) < 4.78 is 5.31. The molecule has 1 aromatic carbocycles. The van der Waals surface area contributed by atoms with Crippen LogP contribution in [0.3, 0.4) is 0 Å². The number of ether oxygens (including phenoxy) is 1. The Kier molecular flexibility index (Phi) is 8.81. The summed E-state index contributed by atoms with van der Waals surface area (Å²) in [6, 6.07) is 4.75. The molecule has 0 fully saturated rings. The lowest BCUT2D eigenvalue weighted by atomic mass is 10.3. The molecule has 0 saturated carbocycles. The smallest absolute Gasteiger partial charge is 0.258 e. The molecule has 0 bridgehead atoms. The summed E-state index contributed by atoms with van der Waals surface area (Å²) in [5.74, 6) is -0.0972. The number of hydrogen-bond donors (Lipinski definition) is 1. The van der Waals surface area contributed by atoms with Gasteiger partial charge in [0, 0.05) is 18.1 Å². The van der Waals surface area contributed by atoms with Gasteiger partial charge in [-0.2, -0.15) is 0 Å². The lowest BCUT2D eigenvalue weighted by Crippen LogP contribution is -2.42. The highest BCUT2D eigenvalue weighted by Crippen LogP contribution is 2.27. The number of rotatable bonds is 9. The maximum Gasteiger partial charge on any atom is 0.258 e. The quantitative estimate of drug-likeness (QED) is 0.735. The minimum atomic E-state index is -0.377. The molecule has 0 saturated heterocycles. The molecule has 0 aliphatic heterocycles. The van der Waals surface area contributed by atoms with Gasteiger partial charge in [0.2, 0.25) is 5.91 Å². The highest BCUT2D eigenvalue weighted by Gasteiger charge is 2.13. The van der Waals surface area contributed by atoms with Gasteiger partial charge in [-0.25, -0.2) is 0 Å². The third-order valence-electron chi connectivity index (χ3n) is 3.03. The van der Waals surface area contributed by atoms with Crippen molar-refractivity contribution >= 4 is 35.0 Å². The first-order valence-electron chi connectivity index (χ1n) is 7.60. The molecule has 7 heteroatoms. The van der Waals surface area contributed by atoms with Crippen LogP contribution in [0.2, 0.25) is 10.0 Å². The fourth-order valence-electron chi connectivity index (χ4n) is 1.97. The second-order valence-electron chi connectivity index (χ2n) is 5.02. The number of hydrogen-bond acceptors (Lipinski definition) is 3. The maximum atomic E-state index is 12.0. The lowest BCUT2D eigenvalue weighted by Gasteiger charge is -2.21. The third-order valence-corrected chi connectivity index (χ3v) is 3.56. The monoisotopic (exact) mass is 360 g/mol. The summed E-state index contributed by atoms with van der Waals surface area (Å²) in [7, 11) is 0. The molecule has 1 N–H and O–H groups in total. The Morgan fingerprint density at radius 3 is 2.39 bits per heavy atom. The van der Waals surface area contributed by atoms with E-state index in [1.165, 1.54) is 6.07 Å². The first-order chi connectivity index (χ1) is 11.0. The van der Waals surface area contributed by atoms with Crippen molar-refractivity contribution in [3.8, 4) is 5.75 Å². The topological polar surface area (TPSA) is 58.6 Å². The van der Waals surface area contributed by atoms with E-state index in [0.717, 1.165) is 12.8 Å². The van der Waals surface area contributed by atoms with Gasteiger partial charge in [0.25, 0.3) is 5.91 Å². The largest absolute Gasteiger partial charge is 0.482 e. The molecule has 1 rings (SSSR count). The van der Waals surface area contributed by atoms with Gasteiger partial charge in [0.05, 0.1) is 11.6 Å². The molecule has 0 aliphatic carbocycles. The minimum absolute atomic E-state index is 0.0312. The van der Waals surface area contributed by atoms with Crippen molar-refractivity contribution in [1.29, 1.82) is 0 Å². The van der Waals surface area contributed by atoms with Gasteiger partial charge < -0.3 is 15.0 Å². The molecule has 128 valence electrons. The normalized spacial score (nSPS) is 10.3. The Hall–Kier alpha value is -1.46. The zero-order valence-corrected chi connectivity index (χ0v) is 14.9. The van der Waals surface area contributed by atoms with Crippen LogP contribution in [-0.4, -0.2) is 43.0 Å². The fourth-order valence-corrected chi connectivity index (χ4v) is 2.44. The number of amides is 2. The van der Waals surface area contributed by atoms with Crippen molar-refractivity contribution < 1.29 is 14.3 Å². The van der Waals surface area contributed by atoms with Crippen LogP contribution in [0.25, 0.3) is 0 Å². The van der Waals surface area contributed by atoms with Crippen LogP contribution in [0.4, 0.5) is 0 Å². The van der Waals surface area contributed by atoms with E-state index in [-0.39, 0.29) is 25.0 Å². The van der Waals surface area contributed by atoms with Gasteiger partial charge in [-0.3, -0.25) is 9.59 Å². The zero-order chi connectivity index (χ0) is 17.2. The van der Waals surface area contributed by atoms with Gasteiger partial charge in [0.15, 0.2) is 6.61 Å². The summed E-state index contributed by atoms with van der Waals surface area (Å²) in [5, 5.41) is 3.38. The standard InChI is InChI=1S/C16H22Cl2N2O3/c1-3-7-20(8-4-2)16(22)10-19-15(21)11-23-14-6-5-12(17)9-13(14)18/h5-6,9H,3-4,7-8,10-11H2,1-2H3,(H,19,21). The van der Waals surface area contributed by atoms with Crippen LogP contribution in [0.5, 0.6) is 5.75 Å². The van der Waals surface area contributed by atoms with E-state index in [1.807, 2.05) is 13.8 Å². The summed E-state index contributed by atoms with van der Waals surface area (Å²) in [6.45, 7) is 5.17. The van der Waals surface area contributed by atoms with Gasteiger partial charge in [0.1, 0.15) is 5.75 Å². The van der Waals surface area contributed by atoms with E-state index in [1.54, 1.807) is 17.0 Å². The van der Waals surface area contributed by atoms with Crippen molar-refractivity contribution in [2.75, 3.05) is 26.2 Å². The number of nitrogens with one attached hydrogen (secondary N) is 1. The van der Waals surface area contributed by atoms with Crippen LogP contribution in [0.15, 0.2) is 18.2 Å². The van der Waals surface area contributed by atoms with E-state index in [0.29, 0.717) is 28.9 Å². The van der Waals surface area contributed by atoms with Crippen LogP contribution >= 0.6 is 23.2 Å². The molecule has 0 aromatic heterocycles. The maximum absolute atomic E-state index is 12.0. The Bertz CT molecular complexity index is 532. The van der Waals surface area contributed by atoms with Crippen molar-refractivity contribution in [1.82, 2.24) is 10.2 Å². The van der Waals surface area contributed by atoms with E-state index < -0.39 is 0 Å². The molecule has 0 heterocycles. The van der Waals surface area contributed by atoms with Crippen LogP contribution < -0.4 is 10.1 Å². The summed E-state index contributed by atoms with van der Waals surface area (Å²) in [4.78, 5) is 25.5. The second-order valence-corrected chi connectivity index (χ2v) is 5.86. The number of benzene rings is 1. The Morgan fingerprint density at radius 1 is 1.17 bits per heavy atom.